The number of aliphatic hydroxyl groups excluding tert-OH is 1. The maximum Gasteiger partial charge on any atom is 0.459 e. The van der Waals surface area contributed by atoms with Crippen LogP contribution in [0.15, 0.2) is 48.8 Å². The zero-order valence-corrected chi connectivity index (χ0v) is 28.0. The second kappa shape index (κ2) is 13.3. The minimum absolute atomic E-state index is 0.0893. The zero-order chi connectivity index (χ0) is 34.1. The van der Waals surface area contributed by atoms with Gasteiger partial charge in [0, 0.05) is 5.39 Å². The summed E-state index contributed by atoms with van der Waals surface area (Å²) in [5.41, 5.74) is 4.19. The molecule has 1 fully saturated rings. The lowest BCUT2D eigenvalue weighted by atomic mass is 9.96. The molecule has 2 aromatic carbocycles. The van der Waals surface area contributed by atoms with Crippen molar-refractivity contribution in [2.75, 3.05) is 25.6 Å². The Morgan fingerprint density at radius 3 is 2.66 bits per heavy atom. The maximum absolute atomic E-state index is 14.4. The number of nitrogens with one attached hydrogen (secondary N) is 1. The Kier molecular flexibility index (Phi) is 9.79. The zero-order valence-electron chi connectivity index (χ0n) is 27.1. The number of nitrogens with two attached hydrogens (primary N) is 1. The molecule has 4 aromatic rings. The molecule has 2 aromatic heterocycles. The molecule has 1 saturated heterocycles. The first-order valence-corrected chi connectivity index (χ1v) is 16.7. The van der Waals surface area contributed by atoms with Gasteiger partial charge in [0.15, 0.2) is 17.4 Å². The Labute approximate surface area is 271 Å². The molecule has 16 heteroatoms. The van der Waals surface area contributed by atoms with Crippen molar-refractivity contribution in [3.8, 4) is 11.6 Å². The number of nitrogen functional groups attached to an aromatic ring is 1. The van der Waals surface area contributed by atoms with Crippen molar-refractivity contribution in [2.45, 2.75) is 71.6 Å². The van der Waals surface area contributed by atoms with Crippen molar-refractivity contribution in [3.05, 3.63) is 48.8 Å². The van der Waals surface area contributed by atoms with Crippen LogP contribution in [0, 0.1) is 5.41 Å². The third kappa shape index (κ3) is 7.51. The molecule has 15 nitrogen and oxygen atoms in total. The van der Waals surface area contributed by atoms with Crippen LogP contribution >= 0.6 is 7.75 Å². The Balaban J connectivity index is 1.40. The van der Waals surface area contributed by atoms with Crippen LogP contribution < -0.4 is 20.1 Å². The van der Waals surface area contributed by atoms with Gasteiger partial charge < -0.3 is 34.7 Å². The van der Waals surface area contributed by atoms with Crippen LogP contribution in [-0.2, 0) is 23.4 Å². The lowest BCUT2D eigenvalue weighted by Gasteiger charge is -2.27. The molecule has 1 unspecified atom stereocenters. The van der Waals surface area contributed by atoms with Gasteiger partial charge in [-0.2, -0.15) is 15.1 Å². The van der Waals surface area contributed by atoms with E-state index in [-0.39, 0.29) is 40.8 Å². The molecule has 3 heterocycles. The Hall–Kier alpha value is -3.85. The number of hydrogen-bond acceptors (Lipinski definition) is 13. The van der Waals surface area contributed by atoms with Crippen molar-refractivity contribution < 1.29 is 42.8 Å². The van der Waals surface area contributed by atoms with E-state index in [0.29, 0.717) is 12.0 Å². The van der Waals surface area contributed by atoms with Crippen LogP contribution in [0.5, 0.6) is 11.6 Å². The molecule has 0 saturated carbocycles. The standard InChI is InChI=1S/C31H41N6O9P/c1-7-42-26-23-25(34-29(32)35-26)37(17-33-23)28-31(6,40)24(38)22(45-28)15-44-47(41,36-18(2)27(39)43-16-30(3,4)5)46-21-14-10-12-19-11-8-9-13-20(19)21/h8-14,17-18,22,24,28,38,40H,7,15-16H2,1-6H3,(H,36,41)(H2,32,34,35)/t18-,22+,24+,28+,31+,47?/m0/s1. The lowest BCUT2D eigenvalue weighted by molar-refractivity contribution is -0.148. The first kappa shape index (κ1) is 34.5. The number of fused-ring (bicyclic) bond motifs is 2. The first-order chi connectivity index (χ1) is 22.1. The SMILES string of the molecule is CCOc1nc(N)nc2c1ncn2[C@@H]1O[C@H](COP(=O)(N[C@@H](C)C(=O)OCC(C)(C)C)Oc2cccc3ccccc23)[C@@H](O)[C@@]1(C)O. The van der Waals surface area contributed by atoms with Crippen molar-refractivity contribution in [1.82, 2.24) is 24.6 Å². The predicted octanol–water partition coefficient (Wildman–Crippen LogP) is 3.74. The van der Waals surface area contributed by atoms with Gasteiger partial charge >= 0.3 is 13.7 Å². The van der Waals surface area contributed by atoms with Crippen LogP contribution in [0.25, 0.3) is 21.9 Å². The number of hydrogen-bond donors (Lipinski definition) is 4. The number of benzene rings is 2. The van der Waals surface area contributed by atoms with Gasteiger partial charge in [0.25, 0.3) is 0 Å². The summed E-state index contributed by atoms with van der Waals surface area (Å²) in [6.45, 7) is 10.3. The number of ether oxygens (including phenoxy) is 3. The van der Waals surface area contributed by atoms with Gasteiger partial charge in [-0.05, 0) is 37.6 Å². The topological polar surface area (TPSA) is 202 Å². The number of rotatable bonds is 12. The molecule has 254 valence electrons. The summed E-state index contributed by atoms with van der Waals surface area (Å²) in [5.74, 6) is -0.364. The molecule has 0 bridgehead atoms. The van der Waals surface area contributed by atoms with Gasteiger partial charge in [-0.3, -0.25) is 13.9 Å². The van der Waals surface area contributed by atoms with E-state index in [1.165, 1.54) is 24.7 Å². The highest BCUT2D eigenvalue weighted by Crippen LogP contribution is 2.48. The minimum atomic E-state index is -4.38. The third-order valence-corrected chi connectivity index (χ3v) is 9.05. The molecule has 47 heavy (non-hydrogen) atoms. The Morgan fingerprint density at radius 1 is 1.21 bits per heavy atom. The van der Waals surface area contributed by atoms with Crippen molar-refractivity contribution in [2.24, 2.45) is 5.41 Å². The predicted molar refractivity (Wildman–Crippen MR) is 173 cm³/mol. The molecule has 5 rings (SSSR count). The van der Waals surface area contributed by atoms with E-state index in [2.05, 4.69) is 20.0 Å². The second-order valence-electron chi connectivity index (χ2n) is 12.7. The molecule has 0 spiro atoms. The number of carbonyl (C=O) groups is 1. The number of aliphatic hydroxyl groups is 2. The van der Waals surface area contributed by atoms with Gasteiger partial charge in [0.1, 0.15) is 29.6 Å². The van der Waals surface area contributed by atoms with E-state index in [9.17, 15) is 19.6 Å². The normalized spacial score (nSPS) is 23.4. The molecule has 0 amide bonds. The monoisotopic (exact) mass is 672 g/mol. The summed E-state index contributed by atoms with van der Waals surface area (Å²) in [6.07, 6.45) is -2.61. The summed E-state index contributed by atoms with van der Waals surface area (Å²) in [6, 6.07) is 11.5. The van der Waals surface area contributed by atoms with Gasteiger partial charge in [-0.15, -0.1) is 0 Å². The van der Waals surface area contributed by atoms with E-state index in [0.717, 1.165) is 5.39 Å². The van der Waals surface area contributed by atoms with E-state index in [1.54, 1.807) is 25.1 Å². The van der Waals surface area contributed by atoms with Crippen molar-refractivity contribution in [1.29, 1.82) is 0 Å². The third-order valence-electron chi connectivity index (χ3n) is 7.42. The highest BCUT2D eigenvalue weighted by molar-refractivity contribution is 7.52. The van der Waals surface area contributed by atoms with E-state index in [4.69, 9.17) is 29.0 Å². The highest BCUT2D eigenvalue weighted by Gasteiger charge is 2.54. The van der Waals surface area contributed by atoms with Gasteiger partial charge in [-0.25, -0.2) is 9.55 Å². The average molecular weight is 673 g/mol. The molecular weight excluding hydrogens is 631 g/mol. The highest BCUT2D eigenvalue weighted by atomic mass is 31.2. The second-order valence-corrected chi connectivity index (χ2v) is 14.4. The first-order valence-electron chi connectivity index (χ1n) is 15.2. The van der Waals surface area contributed by atoms with Crippen LogP contribution in [0.2, 0.25) is 0 Å². The summed E-state index contributed by atoms with van der Waals surface area (Å²) in [5, 5.41) is 26.8. The molecule has 1 aliphatic rings. The maximum atomic E-state index is 14.4. The molecule has 1 aliphatic heterocycles. The van der Waals surface area contributed by atoms with Crippen molar-refractivity contribution >= 4 is 41.6 Å². The van der Waals surface area contributed by atoms with E-state index < -0.39 is 50.4 Å². The van der Waals surface area contributed by atoms with E-state index in [1.807, 2.05) is 45.0 Å². The minimum Gasteiger partial charge on any atom is -0.476 e. The number of imidazole rings is 1. The number of esters is 1. The number of aromatic nitrogens is 4. The fourth-order valence-electron chi connectivity index (χ4n) is 5.06. The van der Waals surface area contributed by atoms with Crippen LogP contribution in [0.4, 0.5) is 5.95 Å². The average Bonchev–Trinajstić information content (AvgIpc) is 3.52. The number of anilines is 1. The Morgan fingerprint density at radius 2 is 1.94 bits per heavy atom. The molecule has 0 radical (unpaired) electrons. The largest absolute Gasteiger partial charge is 0.476 e. The van der Waals surface area contributed by atoms with Gasteiger partial charge in [-0.1, -0.05) is 57.2 Å². The fourth-order valence-corrected chi connectivity index (χ4v) is 6.58. The van der Waals surface area contributed by atoms with Crippen LogP contribution in [0.3, 0.4) is 0 Å². The fraction of sp³-hybridized carbons (Fsp3) is 0.484. The Bertz CT molecular complexity index is 1790. The quantitative estimate of drug-likeness (QED) is 0.125. The van der Waals surface area contributed by atoms with Gasteiger partial charge in [0.05, 0.1) is 26.1 Å². The summed E-state index contributed by atoms with van der Waals surface area (Å²) < 4.78 is 44.6. The summed E-state index contributed by atoms with van der Waals surface area (Å²) in [4.78, 5) is 25.5. The smallest absolute Gasteiger partial charge is 0.459 e. The molecular formula is C31H41N6O9P. The van der Waals surface area contributed by atoms with Crippen molar-refractivity contribution in [3.63, 3.8) is 0 Å². The number of nitrogens with zero attached hydrogens (tertiary/aromatic N) is 4. The number of carbonyl (C=O) groups excluding carboxylic acids is 1. The molecule has 6 atom stereocenters. The lowest BCUT2D eigenvalue weighted by Crippen LogP contribution is -2.44. The van der Waals surface area contributed by atoms with E-state index >= 15 is 0 Å². The van der Waals surface area contributed by atoms with Gasteiger partial charge in [0.2, 0.25) is 11.8 Å². The van der Waals surface area contributed by atoms with Crippen LogP contribution in [0.1, 0.15) is 47.8 Å². The summed E-state index contributed by atoms with van der Waals surface area (Å²) >= 11 is 0. The summed E-state index contributed by atoms with van der Waals surface area (Å²) in [7, 11) is -4.38. The molecule has 0 aliphatic carbocycles. The van der Waals surface area contributed by atoms with Crippen LogP contribution in [-0.4, -0.2) is 79.4 Å². The molecule has 5 N–H and O–H groups in total.